The molecule has 0 radical (unpaired) electrons. The fourth-order valence-electron chi connectivity index (χ4n) is 0.909. The summed E-state index contributed by atoms with van der Waals surface area (Å²) in [5.74, 6) is -0.848. The van der Waals surface area contributed by atoms with Gasteiger partial charge in [0.15, 0.2) is 0 Å². The number of carbonyl (C=O) groups is 1. The molecule has 0 unspecified atom stereocenters. The molecule has 4 heteroatoms. The Kier molecular flexibility index (Phi) is 3.65. The van der Waals surface area contributed by atoms with Gasteiger partial charge in [0, 0.05) is 5.69 Å². The van der Waals surface area contributed by atoms with Crippen LogP contribution < -0.4 is 5.32 Å². The van der Waals surface area contributed by atoms with Crippen LogP contribution in [0, 0.1) is 5.82 Å². The van der Waals surface area contributed by atoms with Gasteiger partial charge in [-0.1, -0.05) is 17.7 Å². The van der Waals surface area contributed by atoms with E-state index in [1.807, 2.05) is 0 Å². The van der Waals surface area contributed by atoms with Crippen LogP contribution in [0.4, 0.5) is 10.1 Å². The third-order valence-corrected chi connectivity index (χ3v) is 1.81. The zero-order chi connectivity index (χ0) is 10.6. The van der Waals surface area contributed by atoms with Crippen LogP contribution in [0.1, 0.15) is 6.92 Å². The molecule has 74 valence electrons. The highest BCUT2D eigenvalue weighted by Gasteiger charge is 2.02. The van der Waals surface area contributed by atoms with Crippen molar-refractivity contribution in [1.29, 1.82) is 0 Å². The van der Waals surface area contributed by atoms with E-state index in [4.69, 9.17) is 11.6 Å². The summed E-state index contributed by atoms with van der Waals surface area (Å²) in [5.41, 5.74) is 0.384. The third-order valence-electron chi connectivity index (χ3n) is 1.51. The standard InChI is InChI=1S/C10H9ClFNO/c1-2-3-10(14)13-7-4-5-8(11)9(12)6-7/h2-6H,1H3,(H,13,14). The second kappa shape index (κ2) is 4.77. The molecule has 14 heavy (non-hydrogen) atoms. The number of nitrogens with one attached hydrogen (secondary N) is 1. The number of hydrogen-bond acceptors (Lipinski definition) is 1. The molecule has 1 amide bonds. The van der Waals surface area contributed by atoms with Crippen molar-refractivity contribution in [2.24, 2.45) is 0 Å². The first-order valence-electron chi connectivity index (χ1n) is 4.02. The van der Waals surface area contributed by atoms with Gasteiger partial charge in [-0.3, -0.25) is 4.79 Å². The topological polar surface area (TPSA) is 29.1 Å². The molecular weight excluding hydrogens is 205 g/mol. The number of carbonyl (C=O) groups excluding carboxylic acids is 1. The van der Waals surface area contributed by atoms with Crippen molar-refractivity contribution in [1.82, 2.24) is 0 Å². The molecule has 0 heterocycles. The van der Waals surface area contributed by atoms with E-state index in [2.05, 4.69) is 5.32 Å². The Hall–Kier alpha value is -1.35. The van der Waals surface area contributed by atoms with Crippen molar-refractivity contribution >= 4 is 23.2 Å². The summed E-state index contributed by atoms with van der Waals surface area (Å²) >= 11 is 5.48. The fourth-order valence-corrected chi connectivity index (χ4v) is 1.03. The lowest BCUT2D eigenvalue weighted by atomic mass is 10.3. The number of allylic oxidation sites excluding steroid dienone is 1. The zero-order valence-electron chi connectivity index (χ0n) is 7.55. The van der Waals surface area contributed by atoms with E-state index in [1.165, 1.54) is 24.3 Å². The van der Waals surface area contributed by atoms with Gasteiger partial charge in [0.2, 0.25) is 5.91 Å². The quantitative estimate of drug-likeness (QED) is 0.752. The first-order chi connectivity index (χ1) is 6.63. The maximum absolute atomic E-state index is 12.9. The second-order valence-electron chi connectivity index (χ2n) is 2.62. The lowest BCUT2D eigenvalue weighted by Crippen LogP contribution is -2.07. The Morgan fingerprint density at radius 2 is 2.29 bits per heavy atom. The van der Waals surface area contributed by atoms with Gasteiger partial charge in [-0.2, -0.15) is 0 Å². The number of anilines is 1. The summed E-state index contributed by atoms with van der Waals surface area (Å²) in [6.45, 7) is 1.72. The van der Waals surface area contributed by atoms with Crippen LogP contribution in [0.3, 0.4) is 0 Å². The van der Waals surface area contributed by atoms with Crippen molar-refractivity contribution in [3.63, 3.8) is 0 Å². The van der Waals surface area contributed by atoms with E-state index in [0.29, 0.717) is 5.69 Å². The molecule has 0 bridgehead atoms. The Morgan fingerprint density at radius 1 is 1.57 bits per heavy atom. The molecule has 0 aliphatic heterocycles. The minimum atomic E-state index is -0.551. The van der Waals surface area contributed by atoms with Crippen molar-refractivity contribution < 1.29 is 9.18 Å². The monoisotopic (exact) mass is 213 g/mol. The van der Waals surface area contributed by atoms with Crippen LogP contribution in [0.2, 0.25) is 5.02 Å². The van der Waals surface area contributed by atoms with Gasteiger partial charge < -0.3 is 5.32 Å². The van der Waals surface area contributed by atoms with Crippen LogP contribution >= 0.6 is 11.6 Å². The van der Waals surface area contributed by atoms with E-state index in [-0.39, 0.29) is 10.9 Å². The summed E-state index contributed by atoms with van der Waals surface area (Å²) in [7, 11) is 0. The van der Waals surface area contributed by atoms with Crippen LogP contribution in [0.25, 0.3) is 0 Å². The van der Waals surface area contributed by atoms with E-state index < -0.39 is 5.82 Å². The van der Waals surface area contributed by atoms with Gasteiger partial charge in [-0.15, -0.1) is 0 Å². The van der Waals surface area contributed by atoms with Crippen LogP contribution in [0.5, 0.6) is 0 Å². The first kappa shape index (κ1) is 10.7. The highest BCUT2D eigenvalue weighted by molar-refractivity contribution is 6.30. The predicted octanol–water partition coefficient (Wildman–Crippen LogP) is 2.99. The summed E-state index contributed by atoms with van der Waals surface area (Å²) in [6, 6.07) is 4.10. The minimum Gasteiger partial charge on any atom is -0.322 e. The van der Waals surface area contributed by atoms with Crippen molar-refractivity contribution in [2.75, 3.05) is 5.32 Å². The smallest absolute Gasteiger partial charge is 0.248 e. The molecular formula is C10H9ClFNO. The Balaban J connectivity index is 2.78. The van der Waals surface area contributed by atoms with Gasteiger partial charge in [0.05, 0.1) is 5.02 Å². The molecule has 1 aromatic carbocycles. The highest BCUT2D eigenvalue weighted by Crippen LogP contribution is 2.18. The molecule has 1 rings (SSSR count). The van der Waals surface area contributed by atoms with Crippen molar-refractivity contribution in [2.45, 2.75) is 6.92 Å². The molecule has 0 fully saturated rings. The average molecular weight is 214 g/mol. The molecule has 0 saturated carbocycles. The summed E-state index contributed by atoms with van der Waals surface area (Å²) in [6.07, 6.45) is 2.95. The number of rotatable bonds is 2. The van der Waals surface area contributed by atoms with E-state index in [0.717, 1.165) is 0 Å². The number of halogens is 2. The van der Waals surface area contributed by atoms with E-state index in [1.54, 1.807) is 13.0 Å². The summed E-state index contributed by atoms with van der Waals surface area (Å²) in [4.78, 5) is 11.1. The van der Waals surface area contributed by atoms with Crippen LogP contribution in [-0.2, 0) is 4.79 Å². The zero-order valence-corrected chi connectivity index (χ0v) is 8.31. The van der Waals surface area contributed by atoms with E-state index in [9.17, 15) is 9.18 Å². The summed E-state index contributed by atoms with van der Waals surface area (Å²) < 4.78 is 12.9. The first-order valence-corrected chi connectivity index (χ1v) is 4.40. The van der Waals surface area contributed by atoms with Crippen molar-refractivity contribution in [3.05, 3.63) is 41.2 Å². The van der Waals surface area contributed by atoms with Gasteiger partial charge in [0.1, 0.15) is 5.82 Å². The Morgan fingerprint density at radius 3 is 2.86 bits per heavy atom. The van der Waals surface area contributed by atoms with Crippen LogP contribution in [-0.4, -0.2) is 5.91 Å². The van der Waals surface area contributed by atoms with Gasteiger partial charge >= 0.3 is 0 Å². The number of amides is 1. The number of benzene rings is 1. The second-order valence-corrected chi connectivity index (χ2v) is 3.03. The maximum atomic E-state index is 12.9. The SMILES string of the molecule is CC=CC(=O)Nc1ccc(Cl)c(F)c1. The molecule has 0 atom stereocenters. The summed E-state index contributed by atoms with van der Waals surface area (Å²) in [5, 5.41) is 2.52. The van der Waals surface area contributed by atoms with Crippen molar-refractivity contribution in [3.8, 4) is 0 Å². The molecule has 0 spiro atoms. The molecule has 1 N–H and O–H groups in total. The normalized spacial score (nSPS) is 10.5. The molecule has 0 aliphatic rings. The van der Waals surface area contributed by atoms with Crippen LogP contribution in [0.15, 0.2) is 30.4 Å². The molecule has 0 aromatic heterocycles. The molecule has 0 aliphatic carbocycles. The molecule has 0 saturated heterocycles. The lowest BCUT2D eigenvalue weighted by molar-refractivity contribution is -0.111. The molecule has 1 aromatic rings. The third kappa shape index (κ3) is 2.85. The largest absolute Gasteiger partial charge is 0.322 e. The predicted molar refractivity (Wildman–Crippen MR) is 54.9 cm³/mol. The minimum absolute atomic E-state index is 0.0361. The Labute approximate surface area is 86.4 Å². The lowest BCUT2D eigenvalue weighted by Gasteiger charge is -2.02. The number of hydrogen-bond donors (Lipinski definition) is 1. The Bertz CT molecular complexity index is 376. The van der Waals surface area contributed by atoms with E-state index >= 15 is 0 Å². The van der Waals surface area contributed by atoms with Gasteiger partial charge in [0.25, 0.3) is 0 Å². The molecule has 2 nitrogen and oxygen atoms in total. The average Bonchev–Trinajstić information content (AvgIpc) is 2.12. The van der Waals surface area contributed by atoms with Gasteiger partial charge in [-0.05, 0) is 31.2 Å². The fraction of sp³-hybridized carbons (Fsp3) is 0.100. The maximum Gasteiger partial charge on any atom is 0.248 e. The van der Waals surface area contributed by atoms with Gasteiger partial charge in [-0.25, -0.2) is 4.39 Å². The highest BCUT2D eigenvalue weighted by atomic mass is 35.5.